The Kier molecular flexibility index (Phi) is 5.37. The normalized spacial score (nSPS) is 10.2. The van der Waals surface area contributed by atoms with Crippen LogP contribution in [0.5, 0.6) is 0 Å². The number of nitrogens with zero attached hydrogens (tertiary/aromatic N) is 1. The van der Waals surface area contributed by atoms with Crippen LogP contribution < -0.4 is 10.6 Å². The second-order valence-electron chi connectivity index (χ2n) is 5.22. The van der Waals surface area contributed by atoms with Gasteiger partial charge in [0.15, 0.2) is 0 Å². The van der Waals surface area contributed by atoms with Crippen LogP contribution in [0.15, 0.2) is 51.6 Å². The van der Waals surface area contributed by atoms with E-state index >= 15 is 0 Å². The van der Waals surface area contributed by atoms with Gasteiger partial charge in [-0.25, -0.2) is 0 Å². The van der Waals surface area contributed by atoms with Gasteiger partial charge in [-0.05, 0) is 41.8 Å². The molecule has 2 N–H and O–H groups in total. The standard InChI is InChI=1S/C18H12ClN3O3S/c19-13-2-1-11(8-20)15(7-13)22-18(24)17(23)21-9-14-3-4-16(25-14)12-5-6-26-10-12/h1-7,10H,9H2,(H,21,23)(H,22,24). The summed E-state index contributed by atoms with van der Waals surface area (Å²) in [5.41, 5.74) is 1.34. The Morgan fingerprint density at radius 1 is 1.19 bits per heavy atom. The molecular weight excluding hydrogens is 374 g/mol. The van der Waals surface area contributed by atoms with Gasteiger partial charge in [-0.1, -0.05) is 11.6 Å². The molecule has 130 valence electrons. The number of halogens is 1. The van der Waals surface area contributed by atoms with Crippen molar-refractivity contribution in [1.82, 2.24) is 5.32 Å². The maximum absolute atomic E-state index is 12.0. The summed E-state index contributed by atoms with van der Waals surface area (Å²) in [6.07, 6.45) is 0. The lowest BCUT2D eigenvalue weighted by atomic mass is 10.2. The zero-order valence-electron chi connectivity index (χ0n) is 13.3. The van der Waals surface area contributed by atoms with Crippen molar-refractivity contribution >= 4 is 40.4 Å². The summed E-state index contributed by atoms with van der Waals surface area (Å²) in [7, 11) is 0. The number of thiophene rings is 1. The fourth-order valence-corrected chi connectivity index (χ4v) is 2.99. The first-order valence-corrected chi connectivity index (χ1v) is 8.79. The molecule has 26 heavy (non-hydrogen) atoms. The number of hydrogen-bond acceptors (Lipinski definition) is 5. The van der Waals surface area contributed by atoms with E-state index in [0.717, 1.165) is 5.56 Å². The van der Waals surface area contributed by atoms with Crippen molar-refractivity contribution in [1.29, 1.82) is 5.26 Å². The zero-order valence-corrected chi connectivity index (χ0v) is 14.9. The van der Waals surface area contributed by atoms with E-state index in [2.05, 4.69) is 10.6 Å². The van der Waals surface area contributed by atoms with E-state index in [0.29, 0.717) is 16.5 Å². The zero-order chi connectivity index (χ0) is 18.5. The van der Waals surface area contributed by atoms with Gasteiger partial charge in [-0.2, -0.15) is 16.6 Å². The number of furan rings is 1. The average Bonchev–Trinajstić information content (AvgIpc) is 3.31. The first-order chi connectivity index (χ1) is 12.6. The quantitative estimate of drug-likeness (QED) is 0.668. The number of nitrogens with one attached hydrogen (secondary N) is 2. The molecule has 0 fully saturated rings. The van der Waals surface area contributed by atoms with Gasteiger partial charge in [0.05, 0.1) is 17.8 Å². The third-order valence-corrected chi connectivity index (χ3v) is 4.37. The summed E-state index contributed by atoms with van der Waals surface area (Å²) in [5, 5.41) is 18.1. The molecule has 0 bridgehead atoms. The van der Waals surface area contributed by atoms with Gasteiger partial charge < -0.3 is 15.1 Å². The van der Waals surface area contributed by atoms with Crippen molar-refractivity contribution in [3.05, 3.63) is 63.5 Å². The average molecular weight is 386 g/mol. The van der Waals surface area contributed by atoms with E-state index in [1.807, 2.05) is 22.9 Å². The van der Waals surface area contributed by atoms with Crippen molar-refractivity contribution in [2.75, 3.05) is 5.32 Å². The smallest absolute Gasteiger partial charge is 0.313 e. The topological polar surface area (TPSA) is 95.1 Å². The third kappa shape index (κ3) is 4.11. The summed E-state index contributed by atoms with van der Waals surface area (Å²) in [6.45, 7) is 0.0665. The monoisotopic (exact) mass is 385 g/mol. The minimum absolute atomic E-state index is 0.0665. The lowest BCUT2D eigenvalue weighted by Crippen LogP contribution is -2.35. The van der Waals surface area contributed by atoms with Gasteiger partial charge in [-0.15, -0.1) is 0 Å². The summed E-state index contributed by atoms with van der Waals surface area (Å²) in [4.78, 5) is 24.0. The van der Waals surface area contributed by atoms with Crippen LogP contribution in [0.25, 0.3) is 11.3 Å². The molecule has 1 aromatic carbocycles. The van der Waals surface area contributed by atoms with Crippen LogP contribution in [-0.4, -0.2) is 11.8 Å². The lowest BCUT2D eigenvalue weighted by molar-refractivity contribution is -0.136. The van der Waals surface area contributed by atoms with Crippen LogP contribution in [-0.2, 0) is 16.1 Å². The minimum Gasteiger partial charge on any atom is -0.459 e. The third-order valence-electron chi connectivity index (χ3n) is 3.45. The second-order valence-corrected chi connectivity index (χ2v) is 6.43. The maximum Gasteiger partial charge on any atom is 0.313 e. The molecule has 2 amide bonds. The first kappa shape index (κ1) is 17.7. The molecule has 0 radical (unpaired) electrons. The predicted molar refractivity (Wildman–Crippen MR) is 98.7 cm³/mol. The molecule has 8 heteroatoms. The summed E-state index contributed by atoms with van der Waals surface area (Å²) < 4.78 is 5.63. The van der Waals surface area contributed by atoms with E-state index in [4.69, 9.17) is 21.3 Å². The van der Waals surface area contributed by atoms with Gasteiger partial charge in [0.25, 0.3) is 0 Å². The van der Waals surface area contributed by atoms with Gasteiger partial charge in [-0.3, -0.25) is 9.59 Å². The largest absolute Gasteiger partial charge is 0.459 e. The highest BCUT2D eigenvalue weighted by Crippen LogP contribution is 2.24. The Hall–Kier alpha value is -3.08. The highest BCUT2D eigenvalue weighted by molar-refractivity contribution is 7.08. The maximum atomic E-state index is 12.0. The van der Waals surface area contributed by atoms with E-state index in [1.165, 1.54) is 18.2 Å². The Morgan fingerprint density at radius 3 is 2.77 bits per heavy atom. The van der Waals surface area contributed by atoms with Crippen molar-refractivity contribution in [3.8, 4) is 17.4 Å². The minimum atomic E-state index is -0.895. The molecule has 2 aromatic heterocycles. The van der Waals surface area contributed by atoms with Crippen LogP contribution in [0, 0.1) is 11.3 Å². The predicted octanol–water partition coefficient (Wildman–Crippen LogP) is 3.79. The summed E-state index contributed by atoms with van der Waals surface area (Å²) >= 11 is 7.41. The SMILES string of the molecule is N#Cc1ccc(Cl)cc1NC(=O)C(=O)NCc1ccc(-c2ccsc2)o1. The highest BCUT2D eigenvalue weighted by Gasteiger charge is 2.16. The Balaban J connectivity index is 1.59. The number of anilines is 1. The number of benzene rings is 1. The van der Waals surface area contributed by atoms with Crippen LogP contribution in [0.4, 0.5) is 5.69 Å². The molecule has 0 aliphatic rings. The highest BCUT2D eigenvalue weighted by atomic mass is 35.5. The molecule has 0 aliphatic carbocycles. The molecule has 0 unspecified atom stereocenters. The van der Waals surface area contributed by atoms with Gasteiger partial charge in [0, 0.05) is 16.0 Å². The van der Waals surface area contributed by atoms with Gasteiger partial charge in [0.1, 0.15) is 17.6 Å². The van der Waals surface area contributed by atoms with E-state index in [-0.39, 0.29) is 17.8 Å². The van der Waals surface area contributed by atoms with E-state index in [9.17, 15) is 9.59 Å². The molecule has 0 atom stereocenters. The number of rotatable bonds is 4. The number of carbonyl (C=O) groups excluding carboxylic acids is 2. The van der Waals surface area contributed by atoms with Crippen molar-refractivity contribution in [2.45, 2.75) is 6.54 Å². The van der Waals surface area contributed by atoms with E-state index < -0.39 is 11.8 Å². The van der Waals surface area contributed by atoms with Crippen LogP contribution in [0.3, 0.4) is 0 Å². The second kappa shape index (κ2) is 7.87. The molecule has 0 spiro atoms. The van der Waals surface area contributed by atoms with E-state index in [1.54, 1.807) is 23.5 Å². The van der Waals surface area contributed by atoms with Crippen LogP contribution in [0.1, 0.15) is 11.3 Å². The number of amides is 2. The fraction of sp³-hybridized carbons (Fsp3) is 0.0556. The molecule has 0 aliphatic heterocycles. The fourth-order valence-electron chi connectivity index (χ4n) is 2.18. The number of nitriles is 1. The Morgan fingerprint density at radius 2 is 2.04 bits per heavy atom. The first-order valence-electron chi connectivity index (χ1n) is 7.47. The summed E-state index contributed by atoms with van der Waals surface area (Å²) in [5.74, 6) is -0.527. The molecule has 6 nitrogen and oxygen atoms in total. The van der Waals surface area contributed by atoms with Gasteiger partial charge >= 0.3 is 11.8 Å². The van der Waals surface area contributed by atoms with Crippen LogP contribution in [0.2, 0.25) is 5.02 Å². The molecule has 3 aromatic rings. The number of hydrogen-bond donors (Lipinski definition) is 2. The molecule has 0 saturated carbocycles. The van der Waals surface area contributed by atoms with Crippen LogP contribution >= 0.6 is 22.9 Å². The van der Waals surface area contributed by atoms with Crippen molar-refractivity contribution in [3.63, 3.8) is 0 Å². The molecular formula is C18H12ClN3O3S. The Bertz CT molecular complexity index is 990. The molecule has 2 heterocycles. The Labute approximate surface area is 158 Å². The number of carbonyl (C=O) groups is 2. The van der Waals surface area contributed by atoms with Gasteiger partial charge in [0.2, 0.25) is 0 Å². The van der Waals surface area contributed by atoms with Crippen molar-refractivity contribution in [2.24, 2.45) is 0 Å². The summed E-state index contributed by atoms with van der Waals surface area (Å²) in [6, 6.07) is 11.8. The lowest BCUT2D eigenvalue weighted by Gasteiger charge is -2.07. The molecule has 3 rings (SSSR count). The molecule has 0 saturated heterocycles. The van der Waals surface area contributed by atoms with Crippen molar-refractivity contribution < 1.29 is 14.0 Å².